The van der Waals surface area contributed by atoms with E-state index in [1.807, 2.05) is 45.3 Å². The molecular formula is C26H33N7O. The Morgan fingerprint density at radius 3 is 2.59 bits per heavy atom. The highest BCUT2D eigenvalue weighted by atomic mass is 16.1. The molecule has 0 aliphatic carbocycles. The van der Waals surface area contributed by atoms with Gasteiger partial charge in [0.25, 0.3) is 0 Å². The first-order valence-corrected chi connectivity index (χ1v) is 11.6. The van der Waals surface area contributed by atoms with Gasteiger partial charge in [-0.2, -0.15) is 5.10 Å². The molecular weight excluding hydrogens is 426 g/mol. The van der Waals surface area contributed by atoms with E-state index in [2.05, 4.69) is 63.7 Å². The Morgan fingerprint density at radius 2 is 1.91 bits per heavy atom. The summed E-state index contributed by atoms with van der Waals surface area (Å²) in [6, 6.07) is 9.78. The highest BCUT2D eigenvalue weighted by Gasteiger charge is 2.25. The number of fused-ring (bicyclic) bond motifs is 1. The van der Waals surface area contributed by atoms with Gasteiger partial charge in [-0.1, -0.05) is 39.0 Å². The minimum absolute atomic E-state index is 0.0700. The monoisotopic (exact) mass is 459 g/mol. The molecule has 0 fully saturated rings. The maximum atomic E-state index is 13.2. The fraction of sp³-hybridized carbons (Fsp3) is 0.385. The summed E-state index contributed by atoms with van der Waals surface area (Å²) in [6.45, 7) is 10.1. The van der Waals surface area contributed by atoms with Crippen molar-refractivity contribution in [1.82, 2.24) is 30.5 Å². The van der Waals surface area contributed by atoms with Gasteiger partial charge in [0.2, 0.25) is 5.91 Å². The molecule has 0 saturated carbocycles. The zero-order valence-corrected chi connectivity index (χ0v) is 20.7. The van der Waals surface area contributed by atoms with Gasteiger partial charge < -0.3 is 15.6 Å². The molecule has 0 unspecified atom stereocenters. The summed E-state index contributed by atoms with van der Waals surface area (Å²) >= 11 is 0. The highest BCUT2D eigenvalue weighted by molar-refractivity contribution is 5.83. The van der Waals surface area contributed by atoms with E-state index < -0.39 is 0 Å². The number of aromatic nitrogens is 5. The molecule has 4 aromatic rings. The highest BCUT2D eigenvalue weighted by Crippen LogP contribution is 2.27. The number of anilines is 1. The fourth-order valence-electron chi connectivity index (χ4n) is 4.10. The standard InChI is InChI=1S/C26H33N7O/c1-15-19(16(2)33-32-15)12-24(34)29-21(11-17-14-28-20-10-8-7-9-18(17)20)22-13-23(27-6)31-25(30-22)26(3,4)5/h7-10,13-14,21,28H,11-12H2,1-6H3,(H,29,34)(H,32,33)(H,27,30,31)/t21-/m0/s1. The van der Waals surface area contributed by atoms with Gasteiger partial charge in [0, 0.05) is 53.3 Å². The number of nitrogens with one attached hydrogen (secondary N) is 4. The van der Waals surface area contributed by atoms with E-state index in [1.165, 1.54) is 0 Å². The predicted octanol–water partition coefficient (Wildman–Crippen LogP) is 4.28. The number of carbonyl (C=O) groups is 1. The minimum atomic E-state index is -0.324. The number of hydrogen-bond donors (Lipinski definition) is 4. The molecule has 0 aliphatic rings. The number of aromatic amines is 2. The first kappa shape index (κ1) is 23.5. The number of hydrogen-bond acceptors (Lipinski definition) is 5. The molecule has 0 radical (unpaired) electrons. The Balaban J connectivity index is 1.71. The number of carbonyl (C=O) groups excluding carboxylic acids is 1. The van der Waals surface area contributed by atoms with Gasteiger partial charge in [-0.05, 0) is 25.5 Å². The third-order valence-corrected chi connectivity index (χ3v) is 6.08. The molecule has 0 aliphatic heterocycles. The maximum Gasteiger partial charge on any atom is 0.225 e. The SMILES string of the molecule is CNc1cc([C@H](Cc2c[nH]c3ccccc23)NC(=O)Cc2c(C)n[nH]c2C)nc(C(C)(C)C)n1. The molecule has 178 valence electrons. The van der Waals surface area contributed by atoms with Gasteiger partial charge in [0.15, 0.2) is 0 Å². The molecule has 8 heteroatoms. The van der Waals surface area contributed by atoms with Crippen LogP contribution >= 0.6 is 0 Å². The summed E-state index contributed by atoms with van der Waals surface area (Å²) in [4.78, 5) is 26.1. The van der Waals surface area contributed by atoms with Gasteiger partial charge in [0.1, 0.15) is 11.6 Å². The lowest BCUT2D eigenvalue weighted by Crippen LogP contribution is -2.33. The Labute approximate surface area is 200 Å². The molecule has 1 atom stereocenters. The number of aryl methyl sites for hydroxylation is 2. The van der Waals surface area contributed by atoms with Crippen LogP contribution in [0, 0.1) is 13.8 Å². The molecule has 0 spiro atoms. The average Bonchev–Trinajstić information content (AvgIpc) is 3.36. The molecule has 1 amide bonds. The summed E-state index contributed by atoms with van der Waals surface area (Å²) in [7, 11) is 1.84. The molecule has 3 aromatic heterocycles. The Hall–Kier alpha value is -3.68. The molecule has 34 heavy (non-hydrogen) atoms. The van der Waals surface area contributed by atoms with Crippen LogP contribution in [0.4, 0.5) is 5.82 Å². The number of nitrogens with zero attached hydrogens (tertiary/aromatic N) is 3. The van der Waals surface area contributed by atoms with Crippen LogP contribution in [0.15, 0.2) is 36.5 Å². The van der Waals surface area contributed by atoms with Crippen LogP contribution in [-0.4, -0.2) is 38.1 Å². The second-order valence-corrected chi connectivity index (χ2v) is 9.77. The molecule has 3 heterocycles. The van der Waals surface area contributed by atoms with Crippen molar-refractivity contribution in [2.24, 2.45) is 0 Å². The van der Waals surface area contributed by atoms with Gasteiger partial charge in [-0.15, -0.1) is 0 Å². The molecule has 8 nitrogen and oxygen atoms in total. The van der Waals surface area contributed by atoms with Crippen molar-refractivity contribution in [3.05, 3.63) is 70.6 Å². The van der Waals surface area contributed by atoms with E-state index >= 15 is 0 Å². The topological polar surface area (TPSA) is 111 Å². The number of rotatable bonds is 7. The van der Waals surface area contributed by atoms with Crippen LogP contribution in [0.2, 0.25) is 0 Å². The number of para-hydroxylation sites is 1. The Morgan fingerprint density at radius 1 is 1.15 bits per heavy atom. The van der Waals surface area contributed by atoms with E-state index in [4.69, 9.17) is 4.98 Å². The van der Waals surface area contributed by atoms with Crippen LogP contribution in [-0.2, 0) is 23.1 Å². The molecule has 0 bridgehead atoms. The van der Waals surface area contributed by atoms with Crippen LogP contribution in [0.1, 0.15) is 60.8 Å². The van der Waals surface area contributed by atoms with E-state index in [9.17, 15) is 4.79 Å². The van der Waals surface area contributed by atoms with Crippen molar-refractivity contribution in [2.45, 2.75) is 58.9 Å². The van der Waals surface area contributed by atoms with Crippen LogP contribution in [0.3, 0.4) is 0 Å². The van der Waals surface area contributed by atoms with Gasteiger partial charge in [-0.3, -0.25) is 9.89 Å². The van der Waals surface area contributed by atoms with Gasteiger partial charge >= 0.3 is 0 Å². The van der Waals surface area contributed by atoms with Crippen molar-refractivity contribution < 1.29 is 4.79 Å². The Bertz CT molecular complexity index is 1290. The zero-order valence-electron chi connectivity index (χ0n) is 20.7. The number of amides is 1. The molecule has 0 saturated heterocycles. The first-order chi connectivity index (χ1) is 16.2. The summed E-state index contributed by atoms with van der Waals surface area (Å²) in [5.74, 6) is 1.39. The smallest absolute Gasteiger partial charge is 0.225 e. The van der Waals surface area contributed by atoms with Crippen molar-refractivity contribution in [1.29, 1.82) is 0 Å². The molecule has 4 N–H and O–H groups in total. The van der Waals surface area contributed by atoms with Crippen molar-refractivity contribution >= 4 is 22.6 Å². The average molecular weight is 460 g/mol. The summed E-state index contributed by atoms with van der Waals surface area (Å²) in [5.41, 5.74) is 5.42. The van der Waals surface area contributed by atoms with Crippen molar-refractivity contribution in [3.8, 4) is 0 Å². The molecule has 1 aromatic carbocycles. The van der Waals surface area contributed by atoms with E-state index in [0.29, 0.717) is 6.42 Å². The fourth-order valence-corrected chi connectivity index (χ4v) is 4.10. The van der Waals surface area contributed by atoms with Crippen molar-refractivity contribution in [3.63, 3.8) is 0 Å². The first-order valence-electron chi connectivity index (χ1n) is 11.6. The predicted molar refractivity (Wildman–Crippen MR) is 135 cm³/mol. The number of benzene rings is 1. The van der Waals surface area contributed by atoms with E-state index in [-0.39, 0.29) is 23.8 Å². The zero-order chi connectivity index (χ0) is 24.5. The van der Waals surface area contributed by atoms with E-state index in [0.717, 1.165) is 50.8 Å². The van der Waals surface area contributed by atoms with Crippen LogP contribution in [0.25, 0.3) is 10.9 Å². The minimum Gasteiger partial charge on any atom is -0.373 e. The summed E-state index contributed by atoms with van der Waals surface area (Å²) < 4.78 is 0. The van der Waals surface area contributed by atoms with Crippen molar-refractivity contribution in [2.75, 3.05) is 12.4 Å². The second kappa shape index (κ2) is 9.29. The lowest BCUT2D eigenvalue weighted by Gasteiger charge is -2.23. The lowest BCUT2D eigenvalue weighted by molar-refractivity contribution is -0.121. The second-order valence-electron chi connectivity index (χ2n) is 9.77. The van der Waals surface area contributed by atoms with Crippen LogP contribution < -0.4 is 10.6 Å². The third kappa shape index (κ3) is 4.95. The molecule has 4 rings (SSSR count). The quantitative estimate of drug-likeness (QED) is 0.330. The third-order valence-electron chi connectivity index (χ3n) is 6.08. The van der Waals surface area contributed by atoms with Gasteiger partial charge in [-0.25, -0.2) is 9.97 Å². The van der Waals surface area contributed by atoms with Gasteiger partial charge in [0.05, 0.1) is 23.9 Å². The number of H-pyrrole nitrogens is 2. The summed E-state index contributed by atoms with van der Waals surface area (Å²) in [5, 5.41) is 14.7. The largest absolute Gasteiger partial charge is 0.373 e. The van der Waals surface area contributed by atoms with Crippen LogP contribution in [0.5, 0.6) is 0 Å². The maximum absolute atomic E-state index is 13.2. The summed E-state index contributed by atoms with van der Waals surface area (Å²) in [6.07, 6.45) is 2.87. The van der Waals surface area contributed by atoms with E-state index in [1.54, 1.807) is 0 Å². The lowest BCUT2D eigenvalue weighted by atomic mass is 9.95. The Kier molecular flexibility index (Phi) is 6.41. The normalized spacial score (nSPS) is 12.6.